The van der Waals surface area contributed by atoms with Gasteiger partial charge in [-0.1, -0.05) is 73.0 Å². The molecule has 0 aliphatic heterocycles. The van der Waals surface area contributed by atoms with E-state index in [0.29, 0.717) is 28.8 Å². The summed E-state index contributed by atoms with van der Waals surface area (Å²) in [4.78, 5) is 13.0. The lowest BCUT2D eigenvalue weighted by Crippen LogP contribution is -2.50. The van der Waals surface area contributed by atoms with Crippen LogP contribution in [0.1, 0.15) is 39.0 Å². The van der Waals surface area contributed by atoms with Crippen molar-refractivity contribution in [3.8, 4) is 23.1 Å². The minimum atomic E-state index is -0.761. The number of rotatable bonds is 6. The molecular weight excluding hydrogens is 442 g/mol. The van der Waals surface area contributed by atoms with Crippen molar-refractivity contribution >= 4 is 29.3 Å². The lowest BCUT2D eigenvalue weighted by molar-refractivity contribution is -0.121. The minimum absolute atomic E-state index is 0.162. The van der Waals surface area contributed by atoms with Crippen LogP contribution in [0.5, 0.6) is 0 Å². The molecule has 3 aromatic rings. The minimum Gasteiger partial charge on any atom is -0.337 e. The molecule has 0 saturated heterocycles. The van der Waals surface area contributed by atoms with Crippen LogP contribution < -0.4 is 5.32 Å². The summed E-state index contributed by atoms with van der Waals surface area (Å²) >= 11 is 7.42. The first-order valence-corrected chi connectivity index (χ1v) is 11.9. The van der Waals surface area contributed by atoms with Crippen molar-refractivity contribution in [2.24, 2.45) is 0 Å². The van der Waals surface area contributed by atoms with E-state index >= 15 is 0 Å². The molecule has 1 aromatic heterocycles. The summed E-state index contributed by atoms with van der Waals surface area (Å²) in [5, 5.41) is 22.3. The number of hydrogen-bond acceptors (Lipinski definition) is 5. The predicted octanol–water partition coefficient (Wildman–Crippen LogP) is 5.41. The van der Waals surface area contributed by atoms with Gasteiger partial charge < -0.3 is 5.32 Å². The Morgan fingerprint density at radius 1 is 1.12 bits per heavy atom. The van der Waals surface area contributed by atoms with E-state index in [9.17, 15) is 10.1 Å². The molecule has 6 nitrogen and oxygen atoms in total. The Bertz CT molecular complexity index is 1120. The molecule has 1 aliphatic carbocycles. The van der Waals surface area contributed by atoms with Gasteiger partial charge in [0.25, 0.3) is 0 Å². The first kappa shape index (κ1) is 22.4. The zero-order valence-electron chi connectivity index (χ0n) is 17.8. The summed E-state index contributed by atoms with van der Waals surface area (Å²) in [6.45, 7) is 1.83. The van der Waals surface area contributed by atoms with Gasteiger partial charge in [0.2, 0.25) is 5.91 Å². The van der Waals surface area contributed by atoms with Gasteiger partial charge in [-0.15, -0.1) is 10.2 Å². The highest BCUT2D eigenvalue weighted by Crippen LogP contribution is 2.32. The predicted molar refractivity (Wildman–Crippen MR) is 127 cm³/mol. The second-order valence-electron chi connectivity index (χ2n) is 7.99. The van der Waals surface area contributed by atoms with Crippen LogP contribution in [-0.2, 0) is 4.79 Å². The number of nitriles is 1. The van der Waals surface area contributed by atoms with Crippen LogP contribution in [0.3, 0.4) is 0 Å². The normalized spacial score (nSPS) is 16.2. The molecule has 0 bridgehead atoms. The summed E-state index contributed by atoms with van der Waals surface area (Å²) in [6, 6.07) is 19.6. The van der Waals surface area contributed by atoms with Crippen molar-refractivity contribution in [3.05, 3.63) is 59.6 Å². The lowest BCUT2D eigenvalue weighted by Gasteiger charge is -2.32. The largest absolute Gasteiger partial charge is 0.337 e. The average molecular weight is 466 g/mol. The van der Waals surface area contributed by atoms with Crippen molar-refractivity contribution < 1.29 is 4.79 Å². The maximum Gasteiger partial charge on any atom is 0.234 e. The first-order valence-electron chi connectivity index (χ1n) is 10.7. The van der Waals surface area contributed by atoms with E-state index in [0.717, 1.165) is 30.5 Å². The molecule has 164 valence electrons. The Balaban J connectivity index is 1.62. The molecule has 4 rings (SSSR count). The molecule has 8 heteroatoms. The lowest BCUT2D eigenvalue weighted by atomic mass is 9.83. The van der Waals surface area contributed by atoms with E-state index in [1.54, 1.807) is 0 Å². The smallest absolute Gasteiger partial charge is 0.234 e. The quantitative estimate of drug-likeness (QED) is 0.492. The Morgan fingerprint density at radius 2 is 1.81 bits per heavy atom. The molecule has 1 atom stereocenters. The average Bonchev–Trinajstić information content (AvgIpc) is 3.24. The van der Waals surface area contributed by atoms with Gasteiger partial charge in [-0.3, -0.25) is 9.36 Å². The standard InChI is InChI=1S/C24H24ClN5OS/c1-17(22(31)27-24(16-26)14-6-3-7-15-24)32-23-29-28-21(18-8-4-2-5-9-18)30(23)20-12-10-19(25)11-13-20/h2,4-5,8-13,17H,3,6-7,14-15H2,1H3,(H,27,31). The van der Waals surface area contributed by atoms with Crippen LogP contribution in [0, 0.1) is 11.3 Å². The van der Waals surface area contributed by atoms with Gasteiger partial charge in [0, 0.05) is 16.3 Å². The fourth-order valence-electron chi connectivity index (χ4n) is 3.91. The molecular formula is C24H24ClN5OS. The summed E-state index contributed by atoms with van der Waals surface area (Å²) in [5.74, 6) is 0.522. The zero-order chi connectivity index (χ0) is 22.6. The molecule has 0 spiro atoms. The molecule has 1 saturated carbocycles. The van der Waals surface area contributed by atoms with Crippen molar-refractivity contribution in [3.63, 3.8) is 0 Å². The van der Waals surface area contributed by atoms with Crippen LogP contribution >= 0.6 is 23.4 Å². The Labute approximate surface area is 197 Å². The highest BCUT2D eigenvalue weighted by atomic mass is 35.5. The van der Waals surface area contributed by atoms with Crippen LogP contribution in [-0.4, -0.2) is 31.5 Å². The second-order valence-corrected chi connectivity index (χ2v) is 9.73. The van der Waals surface area contributed by atoms with Crippen LogP contribution in [0.2, 0.25) is 5.02 Å². The maximum absolute atomic E-state index is 13.0. The zero-order valence-corrected chi connectivity index (χ0v) is 19.4. The van der Waals surface area contributed by atoms with Crippen molar-refractivity contribution in [1.29, 1.82) is 5.26 Å². The number of aromatic nitrogens is 3. The van der Waals surface area contributed by atoms with Gasteiger partial charge in [0.1, 0.15) is 5.54 Å². The molecule has 1 amide bonds. The SMILES string of the molecule is CC(Sc1nnc(-c2ccccc2)n1-c1ccc(Cl)cc1)C(=O)NC1(C#N)CCCCC1. The highest BCUT2D eigenvalue weighted by molar-refractivity contribution is 8.00. The number of carbonyl (C=O) groups is 1. The number of nitrogens with one attached hydrogen (secondary N) is 1. The Hall–Kier alpha value is -2.82. The molecule has 2 aromatic carbocycles. The van der Waals surface area contributed by atoms with E-state index in [1.165, 1.54) is 11.8 Å². The van der Waals surface area contributed by atoms with Gasteiger partial charge >= 0.3 is 0 Å². The van der Waals surface area contributed by atoms with E-state index in [1.807, 2.05) is 66.1 Å². The van der Waals surface area contributed by atoms with Gasteiger partial charge in [-0.05, 0) is 44.0 Å². The molecule has 32 heavy (non-hydrogen) atoms. The number of benzene rings is 2. The number of amides is 1. The fraction of sp³-hybridized carbons (Fsp3) is 0.333. The summed E-state index contributed by atoms with van der Waals surface area (Å²) in [7, 11) is 0. The van der Waals surface area contributed by atoms with Gasteiger partial charge in [-0.25, -0.2) is 0 Å². The first-order chi connectivity index (χ1) is 15.5. The van der Waals surface area contributed by atoms with Gasteiger partial charge in [-0.2, -0.15) is 5.26 Å². The van der Waals surface area contributed by atoms with E-state index in [4.69, 9.17) is 11.6 Å². The van der Waals surface area contributed by atoms with E-state index in [-0.39, 0.29) is 5.91 Å². The molecule has 1 N–H and O–H groups in total. The van der Waals surface area contributed by atoms with Crippen molar-refractivity contribution in [2.75, 3.05) is 0 Å². The number of hydrogen-bond donors (Lipinski definition) is 1. The number of halogens is 1. The van der Waals surface area contributed by atoms with Crippen molar-refractivity contribution in [1.82, 2.24) is 20.1 Å². The molecule has 0 radical (unpaired) electrons. The molecule has 1 unspecified atom stereocenters. The third-order valence-corrected chi connectivity index (χ3v) is 6.98. The number of carbonyl (C=O) groups excluding carboxylic acids is 1. The van der Waals surface area contributed by atoms with Gasteiger partial charge in [0.05, 0.1) is 11.3 Å². The second kappa shape index (κ2) is 9.76. The van der Waals surface area contributed by atoms with Crippen molar-refractivity contribution in [2.45, 2.75) is 55.0 Å². The van der Waals surface area contributed by atoms with Crippen LogP contribution in [0.4, 0.5) is 0 Å². The van der Waals surface area contributed by atoms with Gasteiger partial charge in [0.15, 0.2) is 11.0 Å². The third-order valence-electron chi connectivity index (χ3n) is 5.69. The monoisotopic (exact) mass is 465 g/mol. The molecule has 1 fully saturated rings. The molecule has 1 aliphatic rings. The third kappa shape index (κ3) is 4.82. The summed E-state index contributed by atoms with van der Waals surface area (Å²) in [5.41, 5.74) is 1.02. The fourth-order valence-corrected chi connectivity index (χ4v) is 4.91. The number of thioether (sulfide) groups is 1. The molecule has 1 heterocycles. The maximum atomic E-state index is 13.0. The highest BCUT2D eigenvalue weighted by Gasteiger charge is 2.35. The Kier molecular flexibility index (Phi) is 6.83. The van der Waals surface area contributed by atoms with E-state index < -0.39 is 10.8 Å². The topological polar surface area (TPSA) is 83.6 Å². The summed E-state index contributed by atoms with van der Waals surface area (Å²) < 4.78 is 1.93. The van der Waals surface area contributed by atoms with Crippen LogP contribution in [0.15, 0.2) is 59.8 Å². The Morgan fingerprint density at radius 3 is 2.47 bits per heavy atom. The van der Waals surface area contributed by atoms with E-state index in [2.05, 4.69) is 21.6 Å². The summed E-state index contributed by atoms with van der Waals surface area (Å²) in [6.07, 6.45) is 4.43. The van der Waals surface area contributed by atoms with Crippen LogP contribution in [0.25, 0.3) is 17.1 Å². The number of nitrogens with zero attached hydrogens (tertiary/aromatic N) is 4.